The summed E-state index contributed by atoms with van der Waals surface area (Å²) in [4.78, 5) is 19.9. The van der Waals surface area contributed by atoms with Gasteiger partial charge in [0.2, 0.25) is 0 Å². The van der Waals surface area contributed by atoms with Gasteiger partial charge >= 0.3 is 0 Å². The molecule has 2 fully saturated rings. The second-order valence-corrected chi connectivity index (χ2v) is 9.67. The molecule has 0 radical (unpaired) electrons. The van der Waals surface area contributed by atoms with Gasteiger partial charge in [0.25, 0.3) is 5.91 Å². The minimum atomic E-state index is -0.345. The fourth-order valence-electron chi connectivity index (χ4n) is 5.17. The molecular formula is C24H26BrFN4O. The minimum absolute atomic E-state index is 0.00112. The van der Waals surface area contributed by atoms with Crippen LogP contribution in [0, 0.1) is 17.7 Å². The number of likely N-dealkylation sites (tertiary alicyclic amines) is 1. The highest BCUT2D eigenvalue weighted by atomic mass is 79.9. The second kappa shape index (κ2) is 8.34. The molecule has 2 aliphatic rings. The van der Waals surface area contributed by atoms with Crippen LogP contribution in [0.5, 0.6) is 0 Å². The third-order valence-electron chi connectivity index (χ3n) is 6.87. The molecule has 1 saturated heterocycles. The highest BCUT2D eigenvalue weighted by Crippen LogP contribution is 2.36. The molecule has 0 bridgehead atoms. The first-order valence-electron chi connectivity index (χ1n) is 11.2. The van der Waals surface area contributed by atoms with Crippen molar-refractivity contribution in [1.82, 2.24) is 19.5 Å². The largest absolute Gasteiger partial charge is 0.337 e. The number of piperidine rings is 1. The van der Waals surface area contributed by atoms with Crippen molar-refractivity contribution in [2.45, 2.75) is 45.4 Å². The monoisotopic (exact) mass is 484 g/mol. The van der Waals surface area contributed by atoms with Crippen molar-refractivity contribution in [1.29, 1.82) is 0 Å². The molecule has 2 aromatic heterocycles. The first-order chi connectivity index (χ1) is 15.0. The second-order valence-electron chi connectivity index (χ2n) is 8.75. The number of amides is 1. The zero-order valence-electron chi connectivity index (χ0n) is 17.7. The number of aryl methyl sites for hydroxylation is 1. The molecule has 1 amide bonds. The van der Waals surface area contributed by atoms with Crippen molar-refractivity contribution in [3.63, 3.8) is 0 Å². The number of nitrogens with zero attached hydrogens (tertiary/aromatic N) is 4. The molecular weight excluding hydrogens is 459 g/mol. The SMILES string of the molecule is CCc1cc(C(=O)N2CC[C@@H]3CCCC[C@@H]3C2)nc2cc(-c3ccc(Br)cc3F)nn12. The quantitative estimate of drug-likeness (QED) is 0.492. The topological polar surface area (TPSA) is 50.5 Å². The van der Waals surface area contributed by atoms with Crippen LogP contribution >= 0.6 is 15.9 Å². The van der Waals surface area contributed by atoms with Crippen LogP contribution in [0.15, 0.2) is 34.8 Å². The summed E-state index contributed by atoms with van der Waals surface area (Å²) in [5.41, 5.74) is 2.86. The Morgan fingerprint density at radius 3 is 2.74 bits per heavy atom. The summed E-state index contributed by atoms with van der Waals surface area (Å²) < 4.78 is 16.9. The number of carbonyl (C=O) groups is 1. The number of benzene rings is 1. The predicted molar refractivity (Wildman–Crippen MR) is 121 cm³/mol. The zero-order chi connectivity index (χ0) is 21.5. The summed E-state index contributed by atoms with van der Waals surface area (Å²) in [6.45, 7) is 3.67. The van der Waals surface area contributed by atoms with E-state index in [1.54, 1.807) is 22.7 Å². The number of aromatic nitrogens is 3. The molecule has 31 heavy (non-hydrogen) atoms. The van der Waals surface area contributed by atoms with Crippen LogP contribution in [-0.4, -0.2) is 38.5 Å². The zero-order valence-corrected chi connectivity index (χ0v) is 19.2. The van der Waals surface area contributed by atoms with Crippen LogP contribution in [0.3, 0.4) is 0 Å². The van der Waals surface area contributed by atoms with Crippen LogP contribution in [0.25, 0.3) is 16.9 Å². The normalized spacial score (nSPS) is 21.3. The molecule has 7 heteroatoms. The van der Waals surface area contributed by atoms with E-state index in [0.717, 1.165) is 31.1 Å². The maximum Gasteiger partial charge on any atom is 0.272 e. The molecule has 1 saturated carbocycles. The van der Waals surface area contributed by atoms with Gasteiger partial charge in [0.05, 0.1) is 5.69 Å². The van der Waals surface area contributed by atoms with E-state index in [0.29, 0.717) is 39.4 Å². The Balaban J connectivity index is 1.47. The van der Waals surface area contributed by atoms with Crippen molar-refractivity contribution < 1.29 is 9.18 Å². The number of rotatable bonds is 3. The van der Waals surface area contributed by atoms with Gasteiger partial charge in [-0.25, -0.2) is 13.9 Å². The Hall–Kier alpha value is -2.28. The van der Waals surface area contributed by atoms with Crippen molar-refractivity contribution in [3.8, 4) is 11.3 Å². The van der Waals surface area contributed by atoms with Crippen LogP contribution in [0.1, 0.15) is 55.2 Å². The summed E-state index contributed by atoms with van der Waals surface area (Å²) in [6.07, 6.45) is 6.94. The first-order valence-corrected chi connectivity index (χ1v) is 12.0. The summed E-state index contributed by atoms with van der Waals surface area (Å²) in [5, 5.41) is 4.59. The highest BCUT2D eigenvalue weighted by Gasteiger charge is 2.33. The number of hydrogen-bond acceptors (Lipinski definition) is 3. The lowest BCUT2D eigenvalue weighted by Crippen LogP contribution is -2.45. The van der Waals surface area contributed by atoms with E-state index in [1.807, 2.05) is 17.9 Å². The van der Waals surface area contributed by atoms with E-state index in [2.05, 4.69) is 26.0 Å². The van der Waals surface area contributed by atoms with Crippen molar-refractivity contribution in [2.75, 3.05) is 13.1 Å². The number of halogens is 2. The van der Waals surface area contributed by atoms with Crippen molar-refractivity contribution in [2.24, 2.45) is 11.8 Å². The average Bonchev–Trinajstić information content (AvgIpc) is 3.21. The Kier molecular flexibility index (Phi) is 5.54. The Bertz CT molecular complexity index is 1140. The summed E-state index contributed by atoms with van der Waals surface area (Å²) >= 11 is 3.29. The number of carbonyl (C=O) groups excluding carboxylic acids is 1. The predicted octanol–water partition coefficient (Wildman–Crippen LogP) is 5.51. The van der Waals surface area contributed by atoms with Gasteiger partial charge in [-0.1, -0.05) is 42.1 Å². The molecule has 1 aliphatic heterocycles. The molecule has 5 rings (SSSR count). The highest BCUT2D eigenvalue weighted by molar-refractivity contribution is 9.10. The van der Waals surface area contributed by atoms with Gasteiger partial charge < -0.3 is 4.90 Å². The summed E-state index contributed by atoms with van der Waals surface area (Å²) in [6, 6.07) is 8.53. The molecule has 5 nitrogen and oxygen atoms in total. The van der Waals surface area contributed by atoms with E-state index < -0.39 is 0 Å². The summed E-state index contributed by atoms with van der Waals surface area (Å²) in [5.74, 6) is 1.06. The Morgan fingerprint density at radius 2 is 1.97 bits per heavy atom. The molecule has 162 valence electrons. The molecule has 0 unspecified atom stereocenters. The fourth-order valence-corrected chi connectivity index (χ4v) is 5.51. The van der Waals surface area contributed by atoms with E-state index in [-0.39, 0.29) is 11.7 Å². The van der Waals surface area contributed by atoms with Crippen LogP contribution in [0.4, 0.5) is 4.39 Å². The lowest BCUT2D eigenvalue weighted by molar-refractivity contribution is 0.0515. The average molecular weight is 485 g/mol. The molecule has 3 aromatic rings. The third-order valence-corrected chi connectivity index (χ3v) is 7.36. The standard InChI is InChI=1S/C24H26BrFN4O/c1-2-18-12-22(24(31)29-10-9-15-5-3-4-6-16(15)14-29)27-23-13-21(28-30(18)23)19-8-7-17(25)11-20(19)26/h7-8,11-13,15-16H,2-6,9-10,14H2,1H3/t15-,16+/m0/s1. The van der Waals surface area contributed by atoms with Crippen LogP contribution in [0.2, 0.25) is 0 Å². The van der Waals surface area contributed by atoms with Crippen molar-refractivity contribution >= 4 is 27.5 Å². The van der Waals surface area contributed by atoms with Gasteiger partial charge in [-0.3, -0.25) is 4.79 Å². The van der Waals surface area contributed by atoms with Crippen molar-refractivity contribution in [3.05, 3.63) is 52.0 Å². The smallest absolute Gasteiger partial charge is 0.272 e. The van der Waals surface area contributed by atoms with Gasteiger partial charge in [0.1, 0.15) is 11.5 Å². The fraction of sp³-hybridized carbons (Fsp3) is 0.458. The van der Waals surface area contributed by atoms with Gasteiger partial charge in [-0.05, 0) is 55.4 Å². The number of hydrogen-bond donors (Lipinski definition) is 0. The van der Waals surface area contributed by atoms with Gasteiger partial charge in [-0.2, -0.15) is 5.10 Å². The molecule has 3 heterocycles. The Morgan fingerprint density at radius 1 is 1.16 bits per heavy atom. The maximum atomic E-state index is 14.5. The number of fused-ring (bicyclic) bond motifs is 2. The molecule has 1 aromatic carbocycles. The summed E-state index contributed by atoms with van der Waals surface area (Å²) in [7, 11) is 0. The molecule has 0 spiro atoms. The van der Waals surface area contributed by atoms with Gasteiger partial charge in [0, 0.05) is 34.9 Å². The van der Waals surface area contributed by atoms with E-state index in [1.165, 1.54) is 31.7 Å². The van der Waals surface area contributed by atoms with Gasteiger partial charge in [-0.15, -0.1) is 0 Å². The Labute approximate surface area is 189 Å². The lowest BCUT2D eigenvalue weighted by Gasteiger charge is -2.41. The minimum Gasteiger partial charge on any atom is -0.337 e. The third kappa shape index (κ3) is 3.88. The van der Waals surface area contributed by atoms with E-state index >= 15 is 0 Å². The molecule has 2 atom stereocenters. The van der Waals surface area contributed by atoms with Crippen LogP contribution in [-0.2, 0) is 6.42 Å². The van der Waals surface area contributed by atoms with Gasteiger partial charge in [0.15, 0.2) is 5.65 Å². The lowest BCUT2D eigenvalue weighted by atomic mass is 9.75. The maximum absolute atomic E-state index is 14.5. The van der Waals surface area contributed by atoms with E-state index in [4.69, 9.17) is 0 Å². The molecule has 0 N–H and O–H groups in total. The first kappa shape index (κ1) is 20.6. The molecule has 1 aliphatic carbocycles. The van der Waals surface area contributed by atoms with Crippen LogP contribution < -0.4 is 0 Å². The van der Waals surface area contributed by atoms with E-state index in [9.17, 15) is 9.18 Å².